The summed E-state index contributed by atoms with van der Waals surface area (Å²) >= 11 is 5.93. The van der Waals surface area contributed by atoms with Crippen LogP contribution in [-0.2, 0) is 0 Å². The van der Waals surface area contributed by atoms with Crippen molar-refractivity contribution in [2.75, 3.05) is 44.7 Å². The Bertz CT molecular complexity index is 366. The van der Waals surface area contributed by atoms with Crippen molar-refractivity contribution < 1.29 is 0 Å². The average Bonchev–Trinajstić information content (AvgIpc) is 2.38. The predicted molar refractivity (Wildman–Crippen MR) is 78.6 cm³/mol. The number of likely N-dealkylation sites (N-methyl/N-ethyl adjacent to an activating group) is 1. The Morgan fingerprint density at radius 2 is 2.00 bits per heavy atom. The van der Waals surface area contributed by atoms with Crippen LogP contribution in [0.4, 0.5) is 5.69 Å². The van der Waals surface area contributed by atoms with Gasteiger partial charge >= 0.3 is 0 Å². The Balaban J connectivity index is 1.93. The topological polar surface area (TPSA) is 18.5 Å². The van der Waals surface area contributed by atoms with Gasteiger partial charge in [-0.05, 0) is 38.2 Å². The third-order valence-corrected chi connectivity index (χ3v) is 3.86. The second kappa shape index (κ2) is 6.41. The number of benzene rings is 1. The number of hydrogen-bond donors (Lipinski definition) is 1. The van der Waals surface area contributed by atoms with Gasteiger partial charge in [0.1, 0.15) is 0 Å². The summed E-state index contributed by atoms with van der Waals surface area (Å²) in [4.78, 5) is 4.99. The van der Waals surface area contributed by atoms with Gasteiger partial charge < -0.3 is 10.2 Å². The largest absolute Gasteiger partial charge is 0.369 e. The third-order valence-electron chi connectivity index (χ3n) is 3.61. The van der Waals surface area contributed by atoms with Gasteiger partial charge in [-0.1, -0.05) is 11.6 Å². The average molecular weight is 268 g/mol. The van der Waals surface area contributed by atoms with Crippen LogP contribution in [0.2, 0.25) is 5.02 Å². The standard InChI is InChI=1S/C14H22ClN3/c1-12-11-18(10-9-17(12)8-7-16-2)14-5-3-13(15)4-6-14/h3-6,12,16H,7-11H2,1-2H3. The molecular weight excluding hydrogens is 246 g/mol. The van der Waals surface area contributed by atoms with Crippen LogP contribution in [0.1, 0.15) is 6.92 Å². The number of anilines is 1. The second-order valence-electron chi connectivity index (χ2n) is 4.91. The number of halogens is 1. The van der Waals surface area contributed by atoms with E-state index in [0.717, 1.165) is 37.7 Å². The van der Waals surface area contributed by atoms with E-state index in [0.29, 0.717) is 6.04 Å². The van der Waals surface area contributed by atoms with E-state index < -0.39 is 0 Å². The lowest BCUT2D eigenvalue weighted by molar-refractivity contribution is 0.191. The highest BCUT2D eigenvalue weighted by molar-refractivity contribution is 6.30. The van der Waals surface area contributed by atoms with Crippen molar-refractivity contribution in [3.8, 4) is 0 Å². The van der Waals surface area contributed by atoms with Crippen LogP contribution >= 0.6 is 11.6 Å². The fourth-order valence-electron chi connectivity index (χ4n) is 2.47. The first-order chi connectivity index (χ1) is 8.70. The number of hydrogen-bond acceptors (Lipinski definition) is 3. The van der Waals surface area contributed by atoms with E-state index in [1.807, 2.05) is 19.2 Å². The van der Waals surface area contributed by atoms with E-state index in [-0.39, 0.29) is 0 Å². The van der Waals surface area contributed by atoms with Crippen molar-refractivity contribution >= 4 is 17.3 Å². The Morgan fingerprint density at radius 1 is 1.28 bits per heavy atom. The molecule has 2 rings (SSSR count). The lowest BCUT2D eigenvalue weighted by Gasteiger charge is -2.41. The Hall–Kier alpha value is -0.770. The molecule has 1 aliphatic rings. The van der Waals surface area contributed by atoms with Gasteiger partial charge in [-0.15, -0.1) is 0 Å². The summed E-state index contributed by atoms with van der Waals surface area (Å²) in [6.45, 7) is 7.81. The van der Waals surface area contributed by atoms with Crippen molar-refractivity contribution in [2.24, 2.45) is 0 Å². The van der Waals surface area contributed by atoms with E-state index in [9.17, 15) is 0 Å². The van der Waals surface area contributed by atoms with Crippen molar-refractivity contribution in [1.82, 2.24) is 10.2 Å². The molecule has 1 unspecified atom stereocenters. The van der Waals surface area contributed by atoms with Crippen LogP contribution in [0.25, 0.3) is 0 Å². The molecule has 1 atom stereocenters. The molecule has 1 heterocycles. The van der Waals surface area contributed by atoms with Gasteiger partial charge in [-0.2, -0.15) is 0 Å². The summed E-state index contributed by atoms with van der Waals surface area (Å²) in [5.41, 5.74) is 1.28. The Morgan fingerprint density at radius 3 is 2.61 bits per heavy atom. The fourth-order valence-corrected chi connectivity index (χ4v) is 2.60. The predicted octanol–water partition coefficient (Wildman–Crippen LogP) is 2.07. The molecule has 1 aromatic carbocycles. The maximum atomic E-state index is 5.93. The SMILES string of the molecule is CNCCN1CCN(c2ccc(Cl)cc2)CC1C. The van der Waals surface area contributed by atoms with Crippen LogP contribution in [0.15, 0.2) is 24.3 Å². The van der Waals surface area contributed by atoms with E-state index >= 15 is 0 Å². The van der Waals surface area contributed by atoms with E-state index in [1.165, 1.54) is 5.69 Å². The molecule has 4 heteroatoms. The Labute approximate surface area is 115 Å². The van der Waals surface area contributed by atoms with Gasteiger partial charge in [0.15, 0.2) is 0 Å². The molecule has 100 valence electrons. The molecule has 3 nitrogen and oxygen atoms in total. The molecule has 1 saturated heterocycles. The Kier molecular flexibility index (Phi) is 4.87. The molecule has 0 amide bonds. The molecule has 0 bridgehead atoms. The smallest absolute Gasteiger partial charge is 0.0407 e. The van der Waals surface area contributed by atoms with Crippen LogP contribution in [0.5, 0.6) is 0 Å². The first-order valence-electron chi connectivity index (χ1n) is 6.60. The van der Waals surface area contributed by atoms with E-state index in [1.54, 1.807) is 0 Å². The van der Waals surface area contributed by atoms with Crippen LogP contribution in [0, 0.1) is 0 Å². The summed E-state index contributed by atoms with van der Waals surface area (Å²) in [5, 5.41) is 4.02. The molecular formula is C14H22ClN3. The highest BCUT2D eigenvalue weighted by Gasteiger charge is 2.23. The van der Waals surface area contributed by atoms with Gasteiger partial charge in [0.05, 0.1) is 0 Å². The number of nitrogens with zero attached hydrogens (tertiary/aromatic N) is 2. The first kappa shape index (κ1) is 13.7. The zero-order valence-electron chi connectivity index (χ0n) is 11.2. The fraction of sp³-hybridized carbons (Fsp3) is 0.571. The van der Waals surface area contributed by atoms with Crippen molar-refractivity contribution in [1.29, 1.82) is 0 Å². The molecule has 1 fully saturated rings. The van der Waals surface area contributed by atoms with Gasteiger partial charge in [-0.3, -0.25) is 4.90 Å². The normalized spacial score (nSPS) is 21.3. The zero-order valence-corrected chi connectivity index (χ0v) is 12.0. The summed E-state index contributed by atoms with van der Waals surface area (Å²) < 4.78 is 0. The number of piperazine rings is 1. The second-order valence-corrected chi connectivity index (χ2v) is 5.35. The molecule has 0 saturated carbocycles. The van der Waals surface area contributed by atoms with E-state index in [4.69, 9.17) is 11.6 Å². The summed E-state index contributed by atoms with van der Waals surface area (Å²) in [5.74, 6) is 0. The molecule has 1 N–H and O–H groups in total. The van der Waals surface area contributed by atoms with Gasteiger partial charge in [0.25, 0.3) is 0 Å². The lowest BCUT2D eigenvalue weighted by Crippen LogP contribution is -2.53. The van der Waals surface area contributed by atoms with Gasteiger partial charge in [-0.25, -0.2) is 0 Å². The quantitative estimate of drug-likeness (QED) is 0.901. The molecule has 0 radical (unpaired) electrons. The van der Waals surface area contributed by atoms with Gasteiger partial charge in [0.2, 0.25) is 0 Å². The lowest BCUT2D eigenvalue weighted by atomic mass is 10.1. The molecule has 1 aromatic rings. The third kappa shape index (κ3) is 3.37. The molecule has 1 aliphatic heterocycles. The van der Waals surface area contributed by atoms with Crippen LogP contribution < -0.4 is 10.2 Å². The van der Waals surface area contributed by atoms with Crippen LogP contribution in [0.3, 0.4) is 0 Å². The molecule has 18 heavy (non-hydrogen) atoms. The number of rotatable bonds is 4. The highest BCUT2D eigenvalue weighted by Crippen LogP contribution is 2.21. The summed E-state index contributed by atoms with van der Waals surface area (Å²) in [6.07, 6.45) is 0. The first-order valence-corrected chi connectivity index (χ1v) is 6.97. The molecule has 0 aromatic heterocycles. The minimum Gasteiger partial charge on any atom is -0.369 e. The highest BCUT2D eigenvalue weighted by atomic mass is 35.5. The maximum absolute atomic E-state index is 5.93. The summed E-state index contributed by atoms with van der Waals surface area (Å²) in [7, 11) is 2.01. The summed E-state index contributed by atoms with van der Waals surface area (Å²) in [6, 6.07) is 8.75. The van der Waals surface area contributed by atoms with Crippen molar-refractivity contribution in [3.05, 3.63) is 29.3 Å². The van der Waals surface area contributed by atoms with Gasteiger partial charge in [0, 0.05) is 49.5 Å². The monoisotopic (exact) mass is 267 g/mol. The number of nitrogens with one attached hydrogen (secondary N) is 1. The minimum atomic E-state index is 0.600. The van der Waals surface area contributed by atoms with Crippen molar-refractivity contribution in [2.45, 2.75) is 13.0 Å². The molecule has 0 spiro atoms. The molecule has 0 aliphatic carbocycles. The van der Waals surface area contributed by atoms with Crippen LogP contribution in [-0.4, -0.2) is 50.7 Å². The van der Waals surface area contributed by atoms with Crippen molar-refractivity contribution in [3.63, 3.8) is 0 Å². The zero-order chi connectivity index (χ0) is 13.0. The van der Waals surface area contributed by atoms with E-state index in [2.05, 4.69) is 34.2 Å². The minimum absolute atomic E-state index is 0.600. The maximum Gasteiger partial charge on any atom is 0.0407 e.